The summed E-state index contributed by atoms with van der Waals surface area (Å²) in [6.07, 6.45) is -6.42. The number of hydrogen-bond donors (Lipinski definition) is 1. The molecule has 0 rings (SSSR count). The summed E-state index contributed by atoms with van der Waals surface area (Å²) in [4.78, 5) is 19.4. The van der Waals surface area contributed by atoms with Crippen LogP contribution in [-0.4, -0.2) is 52.8 Å². The summed E-state index contributed by atoms with van der Waals surface area (Å²) in [5.41, 5.74) is 0. The summed E-state index contributed by atoms with van der Waals surface area (Å²) in [6.45, 7) is 4.48. The van der Waals surface area contributed by atoms with Gasteiger partial charge in [0.15, 0.2) is 0 Å². The molecule has 17 heteroatoms. The second-order valence-corrected chi connectivity index (χ2v) is 4.45. The molecule has 0 bridgehead atoms. The summed E-state index contributed by atoms with van der Waals surface area (Å²) >= 11 is 0. The third-order valence-corrected chi connectivity index (χ3v) is 2.45. The molecule has 1 N–H and O–H groups in total. The zero-order valence-corrected chi connectivity index (χ0v) is 12.9. The molecule has 0 saturated heterocycles. The highest BCUT2D eigenvalue weighted by Gasteiger charge is 2.91. The number of rotatable bonds is 6. The first kappa shape index (κ1) is 28.0. The number of aliphatic carboxylic acids is 1. The van der Waals surface area contributed by atoms with Crippen molar-refractivity contribution in [2.45, 2.75) is 42.7 Å². The van der Waals surface area contributed by atoms with E-state index in [0.29, 0.717) is 0 Å². The van der Waals surface area contributed by atoms with Crippen molar-refractivity contribution in [3.05, 3.63) is 12.8 Å². The van der Waals surface area contributed by atoms with Crippen LogP contribution in [0.5, 0.6) is 0 Å². The van der Waals surface area contributed by atoms with Crippen molar-refractivity contribution in [3.8, 4) is 0 Å². The minimum atomic E-state index is -8.08. The number of halogens is 13. The number of hydrogen-bond acceptors (Lipinski definition) is 3. The van der Waals surface area contributed by atoms with E-state index in [4.69, 9.17) is 5.11 Å². The van der Waals surface area contributed by atoms with Gasteiger partial charge in [0.05, 0.1) is 6.26 Å². The van der Waals surface area contributed by atoms with Crippen LogP contribution in [0.3, 0.4) is 0 Å². The quantitative estimate of drug-likeness (QED) is 0.368. The van der Waals surface area contributed by atoms with E-state index in [2.05, 4.69) is 11.3 Å². The number of alkyl halides is 13. The molecule has 0 aliphatic rings. The first-order valence-electron chi connectivity index (χ1n) is 5.94. The minimum absolute atomic E-state index is 0.329. The topological polar surface area (TPSA) is 63.6 Å². The molecule has 4 nitrogen and oxygen atoms in total. The number of carbonyl (C=O) groups excluding carboxylic acids is 1. The predicted octanol–water partition coefficient (Wildman–Crippen LogP) is 4.50. The maximum absolute atomic E-state index is 12.6. The van der Waals surface area contributed by atoms with E-state index >= 15 is 0 Å². The molecule has 0 unspecified atom stereocenters. The Kier molecular flexibility index (Phi) is 8.02. The molecule has 0 aliphatic heterocycles. The largest absolute Gasteiger partial charge is 0.477 e. The van der Waals surface area contributed by atoms with Crippen molar-refractivity contribution >= 4 is 11.9 Å². The molecule has 0 amide bonds. The van der Waals surface area contributed by atoms with Crippen molar-refractivity contribution in [2.75, 3.05) is 0 Å². The van der Waals surface area contributed by atoms with E-state index < -0.39 is 41.8 Å². The zero-order chi connectivity index (χ0) is 23.6. The standard InChI is InChI=1S/C7HF13O2.C4H6O2/c8-2(9,1(21)22)3(10,11)4(12,13)5(14,15)6(16,17)7(18,19)20;1-3-6-4(2)5/h(H,21,22);3H,1H2,2H3. The fourth-order valence-electron chi connectivity index (χ4n) is 1.02. The van der Waals surface area contributed by atoms with E-state index in [1.54, 1.807) is 0 Å². The molecule has 28 heavy (non-hydrogen) atoms. The lowest BCUT2D eigenvalue weighted by molar-refractivity contribution is -0.436. The normalized spacial score (nSPS) is 13.9. The minimum Gasteiger partial charge on any atom is -0.477 e. The van der Waals surface area contributed by atoms with Crippen LogP contribution >= 0.6 is 0 Å². The Morgan fingerprint density at radius 1 is 0.750 bits per heavy atom. The molecule has 0 fully saturated rings. The highest BCUT2D eigenvalue weighted by molar-refractivity contribution is 5.77. The van der Waals surface area contributed by atoms with Crippen LogP contribution < -0.4 is 0 Å². The highest BCUT2D eigenvalue weighted by atomic mass is 19.4. The van der Waals surface area contributed by atoms with Gasteiger partial charge in [-0.25, -0.2) is 4.79 Å². The number of carbonyl (C=O) groups is 2. The fourth-order valence-corrected chi connectivity index (χ4v) is 1.02. The summed E-state index contributed by atoms with van der Waals surface area (Å²) in [7, 11) is 0. The van der Waals surface area contributed by atoms with Crippen molar-refractivity contribution < 1.29 is 76.5 Å². The Bertz CT molecular complexity index is 594. The lowest BCUT2D eigenvalue weighted by atomic mass is 9.94. The van der Waals surface area contributed by atoms with Crippen LogP contribution in [0.4, 0.5) is 57.1 Å². The zero-order valence-electron chi connectivity index (χ0n) is 12.9. The Morgan fingerprint density at radius 3 is 1.25 bits per heavy atom. The average Bonchev–Trinajstić information content (AvgIpc) is 2.45. The molecular formula is C11H7F13O4. The highest BCUT2D eigenvalue weighted by Crippen LogP contribution is 2.60. The lowest BCUT2D eigenvalue weighted by Gasteiger charge is -2.38. The maximum atomic E-state index is 12.6. The Hall–Kier alpha value is -2.23. The molecule has 0 aromatic heterocycles. The molecule has 0 spiro atoms. The predicted molar refractivity (Wildman–Crippen MR) is 60.4 cm³/mol. The van der Waals surface area contributed by atoms with E-state index in [9.17, 15) is 66.7 Å². The van der Waals surface area contributed by atoms with Gasteiger partial charge in [0.1, 0.15) is 0 Å². The van der Waals surface area contributed by atoms with Crippen LogP contribution in [0, 0.1) is 0 Å². The number of carboxylic acids is 1. The lowest BCUT2D eigenvalue weighted by Crippen LogP contribution is -2.71. The average molecular weight is 450 g/mol. The molecule has 0 aromatic carbocycles. The van der Waals surface area contributed by atoms with Gasteiger partial charge in [0, 0.05) is 6.92 Å². The van der Waals surface area contributed by atoms with Crippen LogP contribution in [0.25, 0.3) is 0 Å². The second-order valence-electron chi connectivity index (χ2n) is 4.45. The molecule has 0 atom stereocenters. The van der Waals surface area contributed by atoms with Crippen molar-refractivity contribution in [2.24, 2.45) is 0 Å². The maximum Gasteiger partial charge on any atom is 0.460 e. The summed E-state index contributed by atoms with van der Waals surface area (Å²) in [5, 5.41) is 7.55. The van der Waals surface area contributed by atoms with Gasteiger partial charge in [-0.2, -0.15) is 57.1 Å². The SMILES string of the molecule is C=COC(C)=O.O=C(O)C(F)(F)C(F)(F)C(F)(F)C(F)(F)C(F)(F)C(F)(F)F. The first-order valence-corrected chi connectivity index (χ1v) is 5.94. The summed E-state index contributed by atoms with van der Waals surface area (Å²) < 4.78 is 164. The van der Waals surface area contributed by atoms with Gasteiger partial charge in [-0.1, -0.05) is 6.58 Å². The van der Waals surface area contributed by atoms with E-state index in [-0.39, 0.29) is 5.97 Å². The second kappa shape index (κ2) is 8.02. The van der Waals surface area contributed by atoms with Gasteiger partial charge < -0.3 is 9.84 Å². The van der Waals surface area contributed by atoms with Gasteiger partial charge in [-0.3, -0.25) is 4.79 Å². The Morgan fingerprint density at radius 2 is 1.07 bits per heavy atom. The number of esters is 1. The first-order chi connectivity index (χ1) is 12.0. The molecule has 0 radical (unpaired) electrons. The van der Waals surface area contributed by atoms with Crippen LogP contribution in [0.15, 0.2) is 12.8 Å². The van der Waals surface area contributed by atoms with Crippen LogP contribution in [0.2, 0.25) is 0 Å². The number of ether oxygens (including phenoxy) is 1. The molecule has 0 heterocycles. The molecule has 166 valence electrons. The molecule has 0 saturated carbocycles. The van der Waals surface area contributed by atoms with Gasteiger partial charge >= 0.3 is 47.7 Å². The van der Waals surface area contributed by atoms with Gasteiger partial charge in [0.25, 0.3) is 0 Å². The third kappa shape index (κ3) is 4.60. The van der Waals surface area contributed by atoms with Crippen LogP contribution in [0.1, 0.15) is 6.92 Å². The van der Waals surface area contributed by atoms with Gasteiger partial charge in [-0.05, 0) is 0 Å². The fraction of sp³-hybridized carbons (Fsp3) is 0.636. The summed E-state index contributed by atoms with van der Waals surface area (Å²) in [5.74, 6) is -43.3. The van der Waals surface area contributed by atoms with Crippen molar-refractivity contribution in [1.29, 1.82) is 0 Å². The van der Waals surface area contributed by atoms with Crippen molar-refractivity contribution in [1.82, 2.24) is 0 Å². The Balaban J connectivity index is 0. The molecule has 0 aliphatic carbocycles. The summed E-state index contributed by atoms with van der Waals surface area (Å²) in [6, 6.07) is 0. The van der Waals surface area contributed by atoms with Gasteiger partial charge in [-0.15, -0.1) is 0 Å². The van der Waals surface area contributed by atoms with Gasteiger partial charge in [0.2, 0.25) is 0 Å². The molecule has 0 aromatic rings. The number of carboxylic acid groups (broad SMARTS) is 1. The Labute approximate surface area is 145 Å². The van der Waals surface area contributed by atoms with E-state index in [0.717, 1.165) is 6.26 Å². The monoisotopic (exact) mass is 450 g/mol. The smallest absolute Gasteiger partial charge is 0.460 e. The van der Waals surface area contributed by atoms with E-state index in [1.165, 1.54) is 6.92 Å². The third-order valence-electron chi connectivity index (χ3n) is 2.45. The van der Waals surface area contributed by atoms with E-state index in [1.807, 2.05) is 0 Å². The van der Waals surface area contributed by atoms with Crippen molar-refractivity contribution in [3.63, 3.8) is 0 Å². The molecular weight excluding hydrogens is 443 g/mol. The van der Waals surface area contributed by atoms with Crippen LogP contribution in [-0.2, 0) is 14.3 Å².